The minimum absolute atomic E-state index is 0.563. The first-order valence-corrected chi connectivity index (χ1v) is 15.3. The molecule has 0 fully saturated rings. The van der Waals surface area contributed by atoms with Crippen molar-refractivity contribution in [2.45, 2.75) is 103 Å². The van der Waals surface area contributed by atoms with E-state index in [1.807, 2.05) is 0 Å². The fraction of sp³-hybridized carbons (Fsp3) is 0.760. The molecule has 0 aliphatic heterocycles. The Morgan fingerprint density at radius 3 is 1.55 bits per heavy atom. The van der Waals surface area contributed by atoms with E-state index in [1.165, 1.54) is 107 Å². The smallest absolute Gasteiger partial charge is 0.217 e. The predicted molar refractivity (Wildman–Crippen MR) is 135 cm³/mol. The molecule has 31 heavy (non-hydrogen) atoms. The zero-order chi connectivity index (χ0) is 23.2. The van der Waals surface area contributed by atoms with Gasteiger partial charge in [-0.2, -0.15) is 0 Å². The average molecular weight is 475 g/mol. The molecule has 182 valence electrons. The van der Waals surface area contributed by atoms with Crippen LogP contribution < -0.4 is 0 Å². The van der Waals surface area contributed by atoms with Gasteiger partial charge < -0.3 is 4.55 Å². The largest absolute Gasteiger partial charge is 0.726 e. The maximum Gasteiger partial charge on any atom is 0.217 e. The zero-order valence-electron chi connectivity index (χ0n) is 20.1. The van der Waals surface area contributed by atoms with Crippen molar-refractivity contribution in [2.75, 3.05) is 19.1 Å². The van der Waals surface area contributed by atoms with Crippen LogP contribution in [0.1, 0.15) is 102 Å². The third kappa shape index (κ3) is 23.9. The van der Waals surface area contributed by atoms with E-state index >= 15 is 0 Å². The van der Waals surface area contributed by atoms with E-state index in [2.05, 4.69) is 47.7 Å². The van der Waals surface area contributed by atoms with E-state index in [0.29, 0.717) is 10.9 Å². The highest BCUT2D eigenvalue weighted by Gasteiger charge is 2.11. The Bertz CT molecular complexity index is 591. The highest BCUT2D eigenvalue weighted by atomic mass is 32.3. The maximum absolute atomic E-state index is 9.22. The summed E-state index contributed by atoms with van der Waals surface area (Å²) in [5.41, 5.74) is 1.51. The summed E-state index contributed by atoms with van der Waals surface area (Å²) in [5, 5.41) is 0. The van der Waals surface area contributed by atoms with E-state index in [0.717, 1.165) is 7.11 Å². The Kier molecular flexibility index (Phi) is 20.9. The third-order valence-corrected chi connectivity index (χ3v) is 7.53. The van der Waals surface area contributed by atoms with Crippen LogP contribution in [0.5, 0.6) is 0 Å². The highest BCUT2D eigenvalue weighted by molar-refractivity contribution is 7.95. The first-order chi connectivity index (χ1) is 14.9. The molecule has 0 N–H and O–H groups in total. The monoisotopic (exact) mass is 474 g/mol. The molecule has 0 bridgehead atoms. The maximum atomic E-state index is 9.22. The summed E-state index contributed by atoms with van der Waals surface area (Å²) >= 11 is 0. The lowest BCUT2D eigenvalue weighted by atomic mass is 10.0. The third-order valence-electron chi connectivity index (χ3n) is 5.31. The standard InChI is InChI=1S/C24H43S.CH4O4S/c1-3-4-5-6-7-8-9-10-11-12-13-14-15-19-22-25(2)23-24-20-17-16-18-21-24;1-5-6(2,3)4/h16-18,20-21H,3-15,19,22-23H2,1-2H3;1H3,(H,2,3,4)/q+1;/p-1. The molecule has 1 rings (SSSR count). The van der Waals surface area contributed by atoms with Crippen molar-refractivity contribution in [3.05, 3.63) is 35.9 Å². The number of hydrogen-bond acceptors (Lipinski definition) is 4. The number of hydrogen-bond donors (Lipinski definition) is 0. The summed E-state index contributed by atoms with van der Waals surface area (Å²) < 4.78 is 31.0. The molecule has 0 aromatic heterocycles. The Hall–Kier alpha value is -0.560. The molecular weight excluding hydrogens is 428 g/mol. The van der Waals surface area contributed by atoms with Crippen molar-refractivity contribution in [1.29, 1.82) is 0 Å². The van der Waals surface area contributed by atoms with Gasteiger partial charge in [0.05, 0.1) is 13.4 Å². The first-order valence-electron chi connectivity index (χ1n) is 12.0. The summed E-state index contributed by atoms with van der Waals surface area (Å²) in [7, 11) is -3.04. The van der Waals surface area contributed by atoms with Gasteiger partial charge in [-0.15, -0.1) is 0 Å². The first kappa shape index (κ1) is 30.4. The Balaban J connectivity index is 0.00000131. The minimum Gasteiger partial charge on any atom is -0.726 e. The quantitative estimate of drug-likeness (QED) is 0.0993. The molecule has 1 atom stereocenters. The number of benzene rings is 1. The second-order valence-electron chi connectivity index (χ2n) is 8.29. The van der Waals surface area contributed by atoms with E-state index in [4.69, 9.17) is 0 Å². The molecule has 0 saturated carbocycles. The van der Waals surface area contributed by atoms with Crippen LogP contribution in [0.15, 0.2) is 30.3 Å². The SMILES string of the molecule is CCCCCCCCCCCCCCCC[S+](C)Cc1ccccc1.COS(=O)(=O)[O-]. The molecule has 1 aromatic carbocycles. The van der Waals surface area contributed by atoms with Crippen LogP contribution >= 0.6 is 0 Å². The molecule has 0 radical (unpaired) electrons. The van der Waals surface area contributed by atoms with Crippen molar-refractivity contribution in [2.24, 2.45) is 0 Å². The van der Waals surface area contributed by atoms with E-state index in [1.54, 1.807) is 0 Å². The number of unbranched alkanes of at least 4 members (excludes halogenated alkanes) is 13. The van der Waals surface area contributed by atoms with Crippen molar-refractivity contribution in [1.82, 2.24) is 0 Å². The van der Waals surface area contributed by atoms with Crippen LogP contribution in [-0.4, -0.2) is 32.1 Å². The van der Waals surface area contributed by atoms with Gasteiger partial charge in [0.2, 0.25) is 10.4 Å². The van der Waals surface area contributed by atoms with Crippen LogP contribution in [0.4, 0.5) is 0 Å². The second kappa shape index (κ2) is 21.3. The summed E-state index contributed by atoms with van der Waals surface area (Å²) in [6.45, 7) is 2.30. The molecule has 4 nitrogen and oxygen atoms in total. The summed E-state index contributed by atoms with van der Waals surface area (Å²) in [5.74, 6) is 2.70. The van der Waals surface area contributed by atoms with Gasteiger partial charge >= 0.3 is 0 Å². The van der Waals surface area contributed by atoms with Crippen molar-refractivity contribution in [3.63, 3.8) is 0 Å². The molecule has 1 aromatic rings. The molecule has 0 aliphatic rings. The van der Waals surface area contributed by atoms with Gasteiger partial charge in [0.25, 0.3) is 0 Å². The molecule has 0 saturated heterocycles. The average Bonchev–Trinajstić information content (AvgIpc) is 2.74. The van der Waals surface area contributed by atoms with Crippen LogP contribution in [0, 0.1) is 0 Å². The molecule has 0 amide bonds. The van der Waals surface area contributed by atoms with E-state index in [9.17, 15) is 13.0 Å². The second-order valence-corrected chi connectivity index (χ2v) is 11.7. The molecule has 0 aliphatic carbocycles. The van der Waals surface area contributed by atoms with Crippen LogP contribution in [0.2, 0.25) is 0 Å². The van der Waals surface area contributed by atoms with Gasteiger partial charge in [0, 0.05) is 5.56 Å². The van der Waals surface area contributed by atoms with Crippen molar-refractivity contribution < 1.29 is 17.2 Å². The lowest BCUT2D eigenvalue weighted by molar-refractivity contribution is 0.314. The van der Waals surface area contributed by atoms with Crippen LogP contribution in [-0.2, 0) is 31.2 Å². The topological polar surface area (TPSA) is 66.4 Å². The fourth-order valence-corrected chi connectivity index (χ4v) is 5.08. The summed E-state index contributed by atoms with van der Waals surface area (Å²) in [6.07, 6.45) is 22.8. The molecule has 1 unspecified atom stereocenters. The van der Waals surface area contributed by atoms with Gasteiger partial charge in [-0.3, -0.25) is 4.18 Å². The van der Waals surface area contributed by atoms with Crippen LogP contribution in [0.3, 0.4) is 0 Å². The van der Waals surface area contributed by atoms with Gasteiger partial charge in [-0.05, 0) is 23.7 Å². The molecule has 0 heterocycles. The lowest BCUT2D eigenvalue weighted by Gasteiger charge is -2.05. The van der Waals surface area contributed by atoms with E-state index < -0.39 is 10.4 Å². The highest BCUT2D eigenvalue weighted by Crippen LogP contribution is 2.14. The Labute approximate surface area is 195 Å². The minimum atomic E-state index is -4.41. The van der Waals surface area contributed by atoms with Gasteiger partial charge in [0.1, 0.15) is 11.5 Å². The predicted octanol–water partition coefficient (Wildman–Crippen LogP) is 7.01. The van der Waals surface area contributed by atoms with Gasteiger partial charge in [-0.1, -0.05) is 114 Å². The van der Waals surface area contributed by atoms with Crippen molar-refractivity contribution in [3.8, 4) is 0 Å². The van der Waals surface area contributed by atoms with Crippen molar-refractivity contribution >= 4 is 21.3 Å². The molecular formula is C25H46O4S2. The Morgan fingerprint density at radius 2 is 1.16 bits per heavy atom. The summed E-state index contributed by atoms with van der Waals surface area (Å²) in [6, 6.07) is 11.0. The number of rotatable bonds is 18. The molecule has 0 spiro atoms. The fourth-order valence-electron chi connectivity index (χ4n) is 3.47. The zero-order valence-corrected chi connectivity index (χ0v) is 21.8. The van der Waals surface area contributed by atoms with Crippen LogP contribution in [0.25, 0.3) is 0 Å². The van der Waals surface area contributed by atoms with E-state index in [-0.39, 0.29) is 0 Å². The Morgan fingerprint density at radius 1 is 0.774 bits per heavy atom. The lowest BCUT2D eigenvalue weighted by Crippen LogP contribution is -2.08. The molecule has 6 heteroatoms. The van der Waals surface area contributed by atoms with Gasteiger partial charge in [0.15, 0.2) is 0 Å². The summed E-state index contributed by atoms with van der Waals surface area (Å²) in [4.78, 5) is 0. The normalized spacial score (nSPS) is 12.3. The van der Waals surface area contributed by atoms with Gasteiger partial charge in [-0.25, -0.2) is 8.42 Å².